The highest BCUT2D eigenvalue weighted by Crippen LogP contribution is 2.39. The molecular formula is C24H30Cl2N2O. The Labute approximate surface area is 185 Å². The van der Waals surface area contributed by atoms with E-state index in [-0.39, 0.29) is 18.3 Å². The van der Waals surface area contributed by atoms with E-state index in [2.05, 4.69) is 35.3 Å². The van der Waals surface area contributed by atoms with Gasteiger partial charge in [0.25, 0.3) is 5.91 Å². The minimum atomic E-state index is -0.532. The number of hydrogen-bond acceptors (Lipinski definition) is 2. The predicted octanol–water partition coefficient (Wildman–Crippen LogP) is 6.16. The molecule has 2 heterocycles. The molecule has 2 aliphatic rings. The highest BCUT2D eigenvalue weighted by Gasteiger charge is 2.33. The summed E-state index contributed by atoms with van der Waals surface area (Å²) in [5, 5.41) is 2.91. The highest BCUT2D eigenvalue weighted by atomic mass is 35.5. The molecule has 0 spiro atoms. The molecule has 0 aliphatic carbocycles. The van der Waals surface area contributed by atoms with Gasteiger partial charge in [-0.1, -0.05) is 54.4 Å². The van der Waals surface area contributed by atoms with E-state index in [0.29, 0.717) is 11.6 Å². The summed E-state index contributed by atoms with van der Waals surface area (Å²) >= 11 is 6.56. The third kappa shape index (κ3) is 4.96. The van der Waals surface area contributed by atoms with Crippen molar-refractivity contribution in [2.75, 3.05) is 6.54 Å². The Bertz CT molecular complexity index is 825. The zero-order chi connectivity index (χ0) is 19.5. The lowest BCUT2D eigenvalue weighted by molar-refractivity contribution is 0.0518. The summed E-state index contributed by atoms with van der Waals surface area (Å²) in [6.45, 7) is 3.32. The van der Waals surface area contributed by atoms with Gasteiger partial charge in [-0.15, -0.1) is 12.4 Å². The van der Waals surface area contributed by atoms with Crippen LogP contribution in [0.5, 0.6) is 0 Å². The van der Waals surface area contributed by atoms with E-state index in [1.807, 2.05) is 18.2 Å². The quantitative estimate of drug-likeness (QED) is 0.462. The largest absolute Gasteiger partial charge is 0.332 e. The van der Waals surface area contributed by atoms with Gasteiger partial charge < -0.3 is 5.32 Å². The highest BCUT2D eigenvalue weighted by molar-refractivity contribution is 6.22. The van der Waals surface area contributed by atoms with Crippen LogP contribution >= 0.6 is 24.0 Å². The van der Waals surface area contributed by atoms with Gasteiger partial charge in [0.2, 0.25) is 0 Å². The normalized spacial score (nSPS) is 22.8. The van der Waals surface area contributed by atoms with E-state index in [1.54, 1.807) is 12.1 Å². The molecule has 1 N–H and O–H groups in total. The number of carbonyl (C=O) groups is 1. The van der Waals surface area contributed by atoms with Crippen LogP contribution in [0.25, 0.3) is 0 Å². The smallest absolute Gasteiger partial charge is 0.252 e. The van der Waals surface area contributed by atoms with Crippen LogP contribution in [0.1, 0.15) is 77.1 Å². The molecule has 3 nitrogen and oxygen atoms in total. The molecule has 0 aromatic heterocycles. The molecule has 0 radical (unpaired) electrons. The SMILES string of the molecule is Cc1cc(C2CCCC3CCCCN32)ccc1C(Cl)NC(=O)c1ccccc1.Cl. The van der Waals surface area contributed by atoms with E-state index in [9.17, 15) is 4.79 Å². The summed E-state index contributed by atoms with van der Waals surface area (Å²) in [4.78, 5) is 15.1. The number of halogens is 2. The summed E-state index contributed by atoms with van der Waals surface area (Å²) in [5.74, 6) is -0.146. The second kappa shape index (κ2) is 9.97. The van der Waals surface area contributed by atoms with Gasteiger partial charge in [0.05, 0.1) is 0 Å². The minimum Gasteiger partial charge on any atom is -0.332 e. The molecular weight excluding hydrogens is 403 g/mol. The molecule has 2 aliphatic heterocycles. The molecule has 2 fully saturated rings. The second-order valence-electron chi connectivity index (χ2n) is 8.15. The number of nitrogens with one attached hydrogen (secondary N) is 1. The minimum absolute atomic E-state index is 0. The van der Waals surface area contributed by atoms with Crippen molar-refractivity contribution in [3.8, 4) is 0 Å². The van der Waals surface area contributed by atoms with Gasteiger partial charge in [0.1, 0.15) is 5.50 Å². The van der Waals surface area contributed by atoms with Crippen molar-refractivity contribution in [3.63, 3.8) is 0 Å². The molecule has 5 heteroatoms. The third-order valence-electron chi connectivity index (χ3n) is 6.33. The van der Waals surface area contributed by atoms with E-state index in [0.717, 1.165) is 17.2 Å². The van der Waals surface area contributed by atoms with Crippen LogP contribution in [0.4, 0.5) is 0 Å². The number of hydrogen-bond donors (Lipinski definition) is 1. The fourth-order valence-corrected chi connectivity index (χ4v) is 5.21. The summed E-state index contributed by atoms with van der Waals surface area (Å²) in [5.41, 5.74) is 3.61. The predicted molar refractivity (Wildman–Crippen MR) is 122 cm³/mol. The average molecular weight is 433 g/mol. The Morgan fingerprint density at radius 2 is 1.83 bits per heavy atom. The molecule has 2 saturated heterocycles. The summed E-state index contributed by atoms with van der Waals surface area (Å²) in [6.07, 6.45) is 7.95. The van der Waals surface area contributed by atoms with Gasteiger partial charge in [-0.3, -0.25) is 9.69 Å². The van der Waals surface area contributed by atoms with Gasteiger partial charge in [-0.2, -0.15) is 0 Å². The zero-order valence-corrected chi connectivity index (χ0v) is 18.5. The van der Waals surface area contributed by atoms with Crippen LogP contribution in [-0.2, 0) is 0 Å². The van der Waals surface area contributed by atoms with Crippen molar-refractivity contribution in [2.45, 2.75) is 63.0 Å². The van der Waals surface area contributed by atoms with Crippen molar-refractivity contribution >= 4 is 29.9 Å². The Morgan fingerprint density at radius 3 is 2.59 bits per heavy atom. The molecule has 29 heavy (non-hydrogen) atoms. The maximum Gasteiger partial charge on any atom is 0.252 e. The molecule has 156 valence electrons. The average Bonchev–Trinajstić information content (AvgIpc) is 2.73. The Kier molecular flexibility index (Phi) is 7.61. The van der Waals surface area contributed by atoms with Crippen LogP contribution in [0.15, 0.2) is 48.5 Å². The van der Waals surface area contributed by atoms with Gasteiger partial charge in [0, 0.05) is 17.6 Å². The van der Waals surface area contributed by atoms with Gasteiger partial charge in [-0.25, -0.2) is 0 Å². The number of amides is 1. The molecule has 2 aromatic rings. The molecule has 2 aromatic carbocycles. The number of benzene rings is 2. The monoisotopic (exact) mass is 432 g/mol. The number of piperidine rings is 2. The lowest BCUT2D eigenvalue weighted by Gasteiger charge is -2.45. The summed E-state index contributed by atoms with van der Waals surface area (Å²) in [6, 6.07) is 17.1. The number of fused-ring (bicyclic) bond motifs is 1. The van der Waals surface area contributed by atoms with Crippen LogP contribution in [0, 0.1) is 6.92 Å². The Morgan fingerprint density at radius 1 is 1.07 bits per heavy atom. The van der Waals surface area contributed by atoms with Crippen molar-refractivity contribution in [3.05, 3.63) is 70.8 Å². The number of nitrogens with zero attached hydrogens (tertiary/aromatic N) is 1. The van der Waals surface area contributed by atoms with Crippen molar-refractivity contribution in [1.82, 2.24) is 10.2 Å². The summed E-state index contributed by atoms with van der Waals surface area (Å²) in [7, 11) is 0. The Hall–Kier alpha value is -1.55. The fourth-order valence-electron chi connectivity index (χ4n) is 4.87. The zero-order valence-electron chi connectivity index (χ0n) is 16.9. The first-order valence-electron chi connectivity index (χ1n) is 10.5. The number of carbonyl (C=O) groups excluding carboxylic acids is 1. The first-order valence-corrected chi connectivity index (χ1v) is 10.9. The first-order chi connectivity index (χ1) is 13.6. The molecule has 3 atom stereocenters. The van der Waals surface area contributed by atoms with Gasteiger partial charge >= 0.3 is 0 Å². The van der Waals surface area contributed by atoms with Gasteiger partial charge in [0.15, 0.2) is 0 Å². The lowest BCUT2D eigenvalue weighted by atomic mass is 9.85. The lowest BCUT2D eigenvalue weighted by Crippen LogP contribution is -2.44. The molecule has 0 bridgehead atoms. The van der Waals surface area contributed by atoms with E-state index in [1.165, 1.54) is 50.6 Å². The van der Waals surface area contributed by atoms with E-state index >= 15 is 0 Å². The fraction of sp³-hybridized carbons (Fsp3) is 0.458. The van der Waals surface area contributed by atoms with Crippen molar-refractivity contribution in [2.24, 2.45) is 0 Å². The molecule has 3 unspecified atom stereocenters. The number of rotatable bonds is 4. The topological polar surface area (TPSA) is 32.3 Å². The van der Waals surface area contributed by atoms with Crippen molar-refractivity contribution < 1.29 is 4.79 Å². The van der Waals surface area contributed by atoms with Crippen molar-refractivity contribution in [1.29, 1.82) is 0 Å². The van der Waals surface area contributed by atoms with Crippen LogP contribution in [-0.4, -0.2) is 23.4 Å². The van der Waals surface area contributed by atoms with Crippen LogP contribution in [0.3, 0.4) is 0 Å². The molecule has 1 amide bonds. The Balaban J connectivity index is 0.00000240. The van der Waals surface area contributed by atoms with E-state index < -0.39 is 5.50 Å². The van der Waals surface area contributed by atoms with Gasteiger partial charge in [-0.05, 0) is 74.4 Å². The van der Waals surface area contributed by atoms with Crippen LogP contribution < -0.4 is 5.32 Å². The maximum atomic E-state index is 12.4. The standard InChI is InChI=1S/C24H29ClN2O.ClH/c1-17-16-19(22-12-7-11-20-10-5-6-15-27(20)22)13-14-21(17)23(25)26-24(28)18-8-3-2-4-9-18;/h2-4,8-9,13-14,16,20,22-23H,5-7,10-12,15H2,1H3,(H,26,28);1H. The molecule has 0 saturated carbocycles. The molecule has 4 rings (SSSR count). The van der Waals surface area contributed by atoms with Crippen LogP contribution in [0.2, 0.25) is 0 Å². The van der Waals surface area contributed by atoms with E-state index in [4.69, 9.17) is 11.6 Å². The first kappa shape index (κ1) is 22.1. The third-order valence-corrected chi connectivity index (χ3v) is 6.68. The number of alkyl halides is 1. The maximum absolute atomic E-state index is 12.4. The summed E-state index contributed by atoms with van der Waals surface area (Å²) < 4.78 is 0. The second-order valence-corrected chi connectivity index (χ2v) is 8.59. The number of aryl methyl sites for hydroxylation is 1.